The highest BCUT2D eigenvalue weighted by Gasteiger charge is 2.16. The lowest BCUT2D eigenvalue weighted by atomic mass is 10.1. The summed E-state index contributed by atoms with van der Waals surface area (Å²) >= 11 is 1.79. The summed E-state index contributed by atoms with van der Waals surface area (Å²) in [6.45, 7) is 2.15. The van der Waals surface area contributed by atoms with Crippen LogP contribution < -0.4 is 0 Å². The summed E-state index contributed by atoms with van der Waals surface area (Å²) in [5.74, 6) is 0. The maximum Gasteiger partial charge on any atom is 0.0635 e. The van der Waals surface area contributed by atoms with Gasteiger partial charge in [0.2, 0.25) is 0 Å². The molecule has 0 N–H and O–H groups in total. The summed E-state index contributed by atoms with van der Waals surface area (Å²) in [5.41, 5.74) is 3.21. The molecule has 1 heterocycles. The summed E-state index contributed by atoms with van der Waals surface area (Å²) in [7, 11) is 0. The lowest BCUT2D eigenvalue weighted by Gasteiger charge is -2.06. The standard InChI is InChI=1S/C12H13NS/c1-10-12(14-9-13-10)8-7-11-5-3-2-4-6-11/h2-10,12H,1H3/b8-7+. The van der Waals surface area contributed by atoms with Gasteiger partial charge in [0.1, 0.15) is 0 Å². The molecule has 1 aromatic rings. The number of aliphatic imine (C=N–C) groups is 1. The van der Waals surface area contributed by atoms with Crippen molar-refractivity contribution in [3.05, 3.63) is 42.0 Å². The van der Waals surface area contributed by atoms with Crippen molar-refractivity contribution >= 4 is 23.4 Å². The third kappa shape index (κ3) is 2.26. The molecule has 1 aliphatic rings. The van der Waals surface area contributed by atoms with Gasteiger partial charge in [-0.3, -0.25) is 4.99 Å². The molecule has 0 radical (unpaired) electrons. The van der Waals surface area contributed by atoms with E-state index in [2.05, 4.69) is 48.3 Å². The van der Waals surface area contributed by atoms with Crippen LogP contribution >= 0.6 is 11.8 Å². The fourth-order valence-corrected chi connectivity index (χ4v) is 2.25. The second-order valence-electron chi connectivity index (χ2n) is 3.37. The van der Waals surface area contributed by atoms with Crippen LogP contribution in [0.15, 0.2) is 41.4 Å². The smallest absolute Gasteiger partial charge is 0.0635 e. The first-order valence-corrected chi connectivity index (χ1v) is 5.71. The normalized spacial score (nSPS) is 26.1. The van der Waals surface area contributed by atoms with Crippen LogP contribution in [-0.4, -0.2) is 16.8 Å². The predicted octanol–water partition coefficient (Wildman–Crippen LogP) is 3.23. The van der Waals surface area contributed by atoms with Crippen molar-refractivity contribution in [1.82, 2.24) is 0 Å². The zero-order chi connectivity index (χ0) is 9.80. The van der Waals surface area contributed by atoms with Crippen molar-refractivity contribution in [3.63, 3.8) is 0 Å². The van der Waals surface area contributed by atoms with E-state index in [-0.39, 0.29) is 0 Å². The zero-order valence-corrected chi connectivity index (χ0v) is 8.95. The third-order valence-electron chi connectivity index (χ3n) is 2.27. The molecule has 0 aliphatic carbocycles. The van der Waals surface area contributed by atoms with E-state index in [1.807, 2.05) is 11.6 Å². The molecule has 1 aromatic carbocycles. The van der Waals surface area contributed by atoms with Crippen LogP contribution in [0, 0.1) is 0 Å². The van der Waals surface area contributed by atoms with Gasteiger partial charge >= 0.3 is 0 Å². The van der Waals surface area contributed by atoms with Crippen LogP contribution in [-0.2, 0) is 0 Å². The second kappa shape index (κ2) is 4.47. The molecule has 2 heteroatoms. The van der Waals surface area contributed by atoms with Crippen LogP contribution in [0.3, 0.4) is 0 Å². The van der Waals surface area contributed by atoms with Crippen molar-refractivity contribution in [1.29, 1.82) is 0 Å². The van der Waals surface area contributed by atoms with Crippen LogP contribution in [0.25, 0.3) is 6.08 Å². The third-order valence-corrected chi connectivity index (χ3v) is 3.38. The Labute approximate surface area is 88.9 Å². The first kappa shape index (κ1) is 9.53. The van der Waals surface area contributed by atoms with Crippen molar-refractivity contribution in [2.24, 2.45) is 4.99 Å². The Kier molecular flexibility index (Phi) is 3.04. The number of benzene rings is 1. The Morgan fingerprint density at radius 3 is 2.71 bits per heavy atom. The molecular weight excluding hydrogens is 190 g/mol. The molecule has 0 fully saturated rings. The van der Waals surface area contributed by atoms with E-state index < -0.39 is 0 Å². The molecule has 1 aliphatic heterocycles. The first-order chi connectivity index (χ1) is 6.86. The summed E-state index contributed by atoms with van der Waals surface area (Å²) in [6.07, 6.45) is 4.40. The zero-order valence-electron chi connectivity index (χ0n) is 8.13. The molecule has 0 spiro atoms. The minimum Gasteiger partial charge on any atom is -0.282 e. The molecule has 0 amide bonds. The summed E-state index contributed by atoms with van der Waals surface area (Å²) in [6, 6.07) is 10.8. The van der Waals surface area contributed by atoms with Gasteiger partial charge in [-0.2, -0.15) is 0 Å². The van der Waals surface area contributed by atoms with E-state index in [0.29, 0.717) is 11.3 Å². The minimum atomic E-state index is 0.417. The van der Waals surface area contributed by atoms with E-state index >= 15 is 0 Å². The van der Waals surface area contributed by atoms with Gasteiger partial charge in [-0.05, 0) is 12.5 Å². The van der Waals surface area contributed by atoms with E-state index in [1.54, 1.807) is 11.8 Å². The van der Waals surface area contributed by atoms with Crippen molar-refractivity contribution in [2.75, 3.05) is 0 Å². The van der Waals surface area contributed by atoms with Gasteiger partial charge in [-0.15, -0.1) is 11.8 Å². The summed E-state index contributed by atoms with van der Waals surface area (Å²) < 4.78 is 0. The molecule has 0 saturated heterocycles. The average molecular weight is 203 g/mol. The maximum absolute atomic E-state index is 4.32. The Balaban J connectivity index is 2.01. The molecule has 0 saturated carbocycles. The van der Waals surface area contributed by atoms with E-state index in [9.17, 15) is 0 Å². The van der Waals surface area contributed by atoms with Crippen LogP contribution in [0.1, 0.15) is 12.5 Å². The van der Waals surface area contributed by atoms with E-state index in [4.69, 9.17) is 0 Å². The minimum absolute atomic E-state index is 0.417. The van der Waals surface area contributed by atoms with Gasteiger partial charge in [0, 0.05) is 0 Å². The lowest BCUT2D eigenvalue weighted by molar-refractivity contribution is 0.793. The Bertz CT molecular complexity index is 343. The quantitative estimate of drug-likeness (QED) is 0.719. The monoisotopic (exact) mass is 203 g/mol. The van der Waals surface area contributed by atoms with E-state index in [1.165, 1.54) is 5.56 Å². The highest BCUT2D eigenvalue weighted by Crippen LogP contribution is 2.23. The lowest BCUT2D eigenvalue weighted by Crippen LogP contribution is -2.09. The molecule has 72 valence electrons. The topological polar surface area (TPSA) is 12.4 Å². The highest BCUT2D eigenvalue weighted by atomic mass is 32.2. The number of thioether (sulfide) groups is 1. The SMILES string of the molecule is CC1N=CSC1/C=C/c1ccccc1. The largest absolute Gasteiger partial charge is 0.282 e. The fraction of sp³-hybridized carbons (Fsp3) is 0.250. The predicted molar refractivity (Wildman–Crippen MR) is 64.8 cm³/mol. The Morgan fingerprint density at radius 1 is 1.29 bits per heavy atom. The van der Waals surface area contributed by atoms with Crippen LogP contribution in [0.5, 0.6) is 0 Å². The molecular formula is C12H13NS. The van der Waals surface area contributed by atoms with Crippen molar-refractivity contribution in [2.45, 2.75) is 18.2 Å². The van der Waals surface area contributed by atoms with Crippen molar-refractivity contribution < 1.29 is 0 Å². The number of hydrogen-bond donors (Lipinski definition) is 0. The Hall–Kier alpha value is -1.02. The molecule has 1 nitrogen and oxygen atoms in total. The van der Waals surface area contributed by atoms with Crippen LogP contribution in [0.4, 0.5) is 0 Å². The first-order valence-electron chi connectivity index (χ1n) is 4.76. The highest BCUT2D eigenvalue weighted by molar-refractivity contribution is 8.13. The maximum atomic E-state index is 4.32. The molecule has 0 bridgehead atoms. The second-order valence-corrected chi connectivity index (χ2v) is 4.39. The molecule has 14 heavy (non-hydrogen) atoms. The molecule has 0 aromatic heterocycles. The van der Waals surface area contributed by atoms with Gasteiger partial charge in [0.25, 0.3) is 0 Å². The van der Waals surface area contributed by atoms with Gasteiger partial charge in [-0.25, -0.2) is 0 Å². The van der Waals surface area contributed by atoms with Crippen molar-refractivity contribution in [3.8, 4) is 0 Å². The van der Waals surface area contributed by atoms with Gasteiger partial charge in [0.05, 0.1) is 16.8 Å². The molecule has 2 rings (SSSR count). The summed E-state index contributed by atoms with van der Waals surface area (Å²) in [5, 5.41) is 0.509. The molecule has 2 atom stereocenters. The van der Waals surface area contributed by atoms with Gasteiger partial charge in [0.15, 0.2) is 0 Å². The van der Waals surface area contributed by atoms with Gasteiger partial charge in [-0.1, -0.05) is 42.5 Å². The number of rotatable bonds is 2. The summed E-state index contributed by atoms with van der Waals surface area (Å²) in [4.78, 5) is 4.32. The van der Waals surface area contributed by atoms with E-state index in [0.717, 1.165) is 0 Å². The van der Waals surface area contributed by atoms with Crippen LogP contribution in [0.2, 0.25) is 0 Å². The number of hydrogen-bond acceptors (Lipinski definition) is 2. The Morgan fingerprint density at radius 2 is 2.07 bits per heavy atom. The van der Waals surface area contributed by atoms with Gasteiger partial charge < -0.3 is 0 Å². The molecule has 2 unspecified atom stereocenters. The fourth-order valence-electron chi connectivity index (χ4n) is 1.38. The number of nitrogens with zero attached hydrogens (tertiary/aromatic N) is 1. The average Bonchev–Trinajstić information content (AvgIpc) is 2.63.